The number of rotatable bonds is 8. The zero-order valence-electron chi connectivity index (χ0n) is 15.2. The van der Waals surface area contributed by atoms with E-state index in [9.17, 15) is 13.2 Å². The molecule has 1 unspecified atom stereocenters. The van der Waals surface area contributed by atoms with E-state index in [2.05, 4.69) is 5.32 Å². The van der Waals surface area contributed by atoms with Gasteiger partial charge in [0.15, 0.2) is 0 Å². The van der Waals surface area contributed by atoms with Crippen molar-refractivity contribution >= 4 is 15.9 Å². The Morgan fingerprint density at radius 2 is 1.73 bits per heavy atom. The maximum absolute atomic E-state index is 12.3. The van der Waals surface area contributed by atoms with Crippen molar-refractivity contribution in [2.45, 2.75) is 13.0 Å². The SMILES string of the molecule is COc1ccccc1C(=O)NCCN(C(C)c1ccccc1)S(C)(=O)=O. The number of carbonyl (C=O) groups excluding carboxylic acids is 1. The highest BCUT2D eigenvalue weighted by Crippen LogP contribution is 2.22. The van der Waals surface area contributed by atoms with Crippen molar-refractivity contribution in [2.24, 2.45) is 0 Å². The Morgan fingerprint density at radius 3 is 2.35 bits per heavy atom. The summed E-state index contributed by atoms with van der Waals surface area (Å²) in [6.07, 6.45) is 1.18. The van der Waals surface area contributed by atoms with Crippen LogP contribution < -0.4 is 10.1 Å². The molecule has 0 radical (unpaired) electrons. The van der Waals surface area contributed by atoms with Gasteiger partial charge < -0.3 is 10.1 Å². The lowest BCUT2D eigenvalue weighted by Gasteiger charge is -2.27. The smallest absolute Gasteiger partial charge is 0.255 e. The van der Waals surface area contributed by atoms with Gasteiger partial charge in [0.25, 0.3) is 5.91 Å². The molecule has 0 aliphatic rings. The molecule has 0 bridgehead atoms. The van der Waals surface area contributed by atoms with Crippen LogP contribution in [-0.4, -0.2) is 45.1 Å². The molecule has 0 aliphatic heterocycles. The molecule has 140 valence electrons. The van der Waals surface area contributed by atoms with Gasteiger partial charge in [-0.2, -0.15) is 4.31 Å². The van der Waals surface area contributed by atoms with Gasteiger partial charge in [-0.3, -0.25) is 4.79 Å². The van der Waals surface area contributed by atoms with Crippen molar-refractivity contribution < 1.29 is 17.9 Å². The van der Waals surface area contributed by atoms with Crippen LogP contribution in [0.15, 0.2) is 54.6 Å². The van der Waals surface area contributed by atoms with E-state index < -0.39 is 10.0 Å². The summed E-state index contributed by atoms with van der Waals surface area (Å²) >= 11 is 0. The van der Waals surface area contributed by atoms with Crippen LogP contribution in [0.1, 0.15) is 28.9 Å². The lowest BCUT2D eigenvalue weighted by Crippen LogP contribution is -2.39. The molecule has 1 atom stereocenters. The van der Waals surface area contributed by atoms with Crippen molar-refractivity contribution in [3.05, 3.63) is 65.7 Å². The van der Waals surface area contributed by atoms with Gasteiger partial charge in [0, 0.05) is 19.1 Å². The topological polar surface area (TPSA) is 75.7 Å². The second-order valence-corrected chi connectivity index (χ2v) is 7.85. The maximum Gasteiger partial charge on any atom is 0.255 e. The van der Waals surface area contributed by atoms with Crippen LogP contribution in [-0.2, 0) is 10.0 Å². The first-order chi connectivity index (χ1) is 12.3. The molecule has 0 aromatic heterocycles. The third-order valence-electron chi connectivity index (χ3n) is 4.11. The standard InChI is InChI=1S/C19H24N2O4S/c1-15(16-9-5-4-6-10-16)21(26(3,23)24)14-13-20-19(22)17-11-7-8-12-18(17)25-2/h4-12,15H,13-14H2,1-3H3,(H,20,22). The molecule has 26 heavy (non-hydrogen) atoms. The van der Waals surface area contributed by atoms with Gasteiger partial charge in [-0.25, -0.2) is 8.42 Å². The molecule has 1 N–H and O–H groups in total. The summed E-state index contributed by atoms with van der Waals surface area (Å²) in [6, 6.07) is 16.0. The largest absolute Gasteiger partial charge is 0.496 e. The number of amides is 1. The summed E-state index contributed by atoms with van der Waals surface area (Å²) in [5.41, 5.74) is 1.31. The van der Waals surface area contributed by atoms with Crippen LogP contribution in [0.25, 0.3) is 0 Å². The molecule has 0 heterocycles. The minimum Gasteiger partial charge on any atom is -0.496 e. The number of nitrogens with one attached hydrogen (secondary N) is 1. The summed E-state index contributed by atoms with van der Waals surface area (Å²) < 4.78 is 30.9. The highest BCUT2D eigenvalue weighted by molar-refractivity contribution is 7.88. The number of hydrogen-bond acceptors (Lipinski definition) is 4. The van der Waals surface area contributed by atoms with Gasteiger partial charge in [0.2, 0.25) is 10.0 Å². The summed E-state index contributed by atoms with van der Waals surface area (Å²) in [6.45, 7) is 2.20. The average Bonchev–Trinajstić information content (AvgIpc) is 2.64. The first-order valence-electron chi connectivity index (χ1n) is 8.27. The number of nitrogens with zero attached hydrogens (tertiary/aromatic N) is 1. The van der Waals surface area contributed by atoms with Crippen molar-refractivity contribution in [2.75, 3.05) is 26.5 Å². The predicted molar refractivity (Wildman–Crippen MR) is 102 cm³/mol. The Morgan fingerprint density at radius 1 is 1.12 bits per heavy atom. The van der Waals surface area contributed by atoms with Crippen molar-refractivity contribution in [3.8, 4) is 5.75 Å². The van der Waals surface area contributed by atoms with Crippen LogP contribution in [0.2, 0.25) is 0 Å². The zero-order valence-corrected chi connectivity index (χ0v) is 16.0. The van der Waals surface area contributed by atoms with Gasteiger partial charge in [0.05, 0.1) is 18.9 Å². The second kappa shape index (κ2) is 8.82. The van der Waals surface area contributed by atoms with Gasteiger partial charge in [-0.15, -0.1) is 0 Å². The van der Waals surface area contributed by atoms with Crippen LogP contribution in [0.3, 0.4) is 0 Å². The Balaban J connectivity index is 2.05. The zero-order chi connectivity index (χ0) is 19.2. The van der Waals surface area contributed by atoms with Crippen LogP contribution in [0.4, 0.5) is 0 Å². The number of sulfonamides is 1. The number of hydrogen-bond donors (Lipinski definition) is 1. The number of benzene rings is 2. The van der Waals surface area contributed by atoms with Gasteiger partial charge in [0.1, 0.15) is 5.75 Å². The monoisotopic (exact) mass is 376 g/mol. The summed E-state index contributed by atoms with van der Waals surface area (Å²) in [4.78, 5) is 12.3. The first-order valence-corrected chi connectivity index (χ1v) is 10.1. The third-order valence-corrected chi connectivity index (χ3v) is 5.46. The fourth-order valence-corrected chi connectivity index (χ4v) is 3.87. The van der Waals surface area contributed by atoms with Crippen molar-refractivity contribution in [1.29, 1.82) is 0 Å². The third kappa shape index (κ3) is 5.06. The molecule has 0 spiro atoms. The molecule has 2 rings (SSSR count). The Hall–Kier alpha value is -2.38. The van der Waals surface area contributed by atoms with E-state index in [1.54, 1.807) is 24.3 Å². The molecule has 0 aliphatic carbocycles. The van der Waals surface area contributed by atoms with Gasteiger partial charge >= 0.3 is 0 Å². The summed E-state index contributed by atoms with van der Waals surface area (Å²) in [5.74, 6) is 0.172. The highest BCUT2D eigenvalue weighted by Gasteiger charge is 2.24. The molecule has 1 amide bonds. The number of ether oxygens (including phenoxy) is 1. The lowest BCUT2D eigenvalue weighted by atomic mass is 10.1. The van der Waals surface area contributed by atoms with E-state index in [-0.39, 0.29) is 25.0 Å². The molecule has 0 fully saturated rings. The molecule has 7 heteroatoms. The van der Waals surface area contributed by atoms with Crippen LogP contribution >= 0.6 is 0 Å². The molecule has 2 aromatic rings. The molecule has 0 saturated heterocycles. The lowest BCUT2D eigenvalue weighted by molar-refractivity contribution is 0.0947. The van der Waals surface area contributed by atoms with Gasteiger partial charge in [-0.1, -0.05) is 42.5 Å². The van der Waals surface area contributed by atoms with E-state index in [1.807, 2.05) is 37.3 Å². The molecule has 6 nitrogen and oxygen atoms in total. The van der Waals surface area contributed by atoms with Crippen molar-refractivity contribution in [1.82, 2.24) is 9.62 Å². The van der Waals surface area contributed by atoms with E-state index >= 15 is 0 Å². The van der Waals surface area contributed by atoms with E-state index in [0.717, 1.165) is 5.56 Å². The first kappa shape index (κ1) is 19.9. The minimum atomic E-state index is -3.43. The Labute approximate surface area is 154 Å². The number of carbonyl (C=O) groups is 1. The molecule has 0 saturated carbocycles. The van der Waals surface area contributed by atoms with Crippen LogP contribution in [0, 0.1) is 0 Å². The average molecular weight is 376 g/mol. The number of para-hydroxylation sites is 1. The fraction of sp³-hybridized carbons (Fsp3) is 0.316. The summed E-state index contributed by atoms with van der Waals surface area (Å²) in [7, 11) is -1.93. The van der Waals surface area contributed by atoms with E-state index in [0.29, 0.717) is 11.3 Å². The van der Waals surface area contributed by atoms with E-state index in [4.69, 9.17) is 4.74 Å². The molecular weight excluding hydrogens is 352 g/mol. The highest BCUT2D eigenvalue weighted by atomic mass is 32.2. The van der Waals surface area contributed by atoms with Crippen LogP contribution in [0.5, 0.6) is 5.75 Å². The normalized spacial score (nSPS) is 12.6. The Kier molecular flexibility index (Phi) is 6.76. The Bertz CT molecular complexity index is 838. The van der Waals surface area contributed by atoms with E-state index in [1.165, 1.54) is 17.7 Å². The second-order valence-electron chi connectivity index (χ2n) is 5.92. The quantitative estimate of drug-likeness (QED) is 0.768. The fourth-order valence-electron chi connectivity index (χ4n) is 2.75. The molecule has 2 aromatic carbocycles. The van der Waals surface area contributed by atoms with Crippen molar-refractivity contribution in [3.63, 3.8) is 0 Å². The maximum atomic E-state index is 12.3. The van der Waals surface area contributed by atoms with Gasteiger partial charge in [-0.05, 0) is 24.6 Å². The predicted octanol–water partition coefficient (Wildman–Crippen LogP) is 2.45. The molecular formula is C19H24N2O4S. The number of methoxy groups -OCH3 is 1. The summed E-state index contributed by atoms with van der Waals surface area (Å²) in [5, 5.41) is 2.76. The minimum absolute atomic E-state index is 0.176.